The number of aryl methyl sites for hydroxylation is 1. The fourth-order valence-corrected chi connectivity index (χ4v) is 4.08. The van der Waals surface area contributed by atoms with Crippen LogP contribution in [0.2, 0.25) is 0 Å². The summed E-state index contributed by atoms with van der Waals surface area (Å²) in [6.45, 7) is 1.79. The van der Waals surface area contributed by atoms with Crippen LogP contribution in [-0.2, 0) is 0 Å². The molecule has 2 aromatic rings. The summed E-state index contributed by atoms with van der Waals surface area (Å²) in [4.78, 5) is 0. The van der Waals surface area contributed by atoms with Gasteiger partial charge in [0.15, 0.2) is 0 Å². The standard InChI is InChI=1S/C19H21FN3P/c1-11-9-13(5-7-16(11)20)18-14(3-2-8-24-18)12-4-6-15(19(22)23)17(21)10-12/h2-7,9-10,19,24H,8,21-23H2,1H3. The van der Waals surface area contributed by atoms with Crippen LogP contribution in [0.5, 0.6) is 0 Å². The summed E-state index contributed by atoms with van der Waals surface area (Å²) in [5.41, 5.74) is 22.7. The van der Waals surface area contributed by atoms with Gasteiger partial charge >= 0.3 is 0 Å². The molecule has 1 atom stereocenters. The number of rotatable bonds is 3. The van der Waals surface area contributed by atoms with Crippen molar-refractivity contribution in [3.05, 3.63) is 76.6 Å². The van der Waals surface area contributed by atoms with Crippen LogP contribution in [0.4, 0.5) is 10.1 Å². The topological polar surface area (TPSA) is 78.1 Å². The number of halogens is 1. The van der Waals surface area contributed by atoms with Crippen molar-refractivity contribution in [2.24, 2.45) is 11.5 Å². The summed E-state index contributed by atoms with van der Waals surface area (Å²) < 4.78 is 13.6. The van der Waals surface area contributed by atoms with Gasteiger partial charge in [0, 0.05) is 11.3 Å². The molecule has 1 aliphatic rings. The second-order valence-corrected chi connectivity index (χ2v) is 7.17. The van der Waals surface area contributed by atoms with Crippen LogP contribution < -0.4 is 17.2 Å². The van der Waals surface area contributed by atoms with Gasteiger partial charge in [0.2, 0.25) is 0 Å². The van der Waals surface area contributed by atoms with Gasteiger partial charge in [-0.3, -0.25) is 0 Å². The number of hydrogen-bond acceptors (Lipinski definition) is 3. The molecule has 0 spiro atoms. The van der Waals surface area contributed by atoms with Crippen molar-refractivity contribution >= 4 is 25.2 Å². The van der Waals surface area contributed by atoms with Crippen LogP contribution in [0.3, 0.4) is 0 Å². The molecule has 0 fully saturated rings. The maximum atomic E-state index is 13.6. The van der Waals surface area contributed by atoms with Crippen LogP contribution in [0.25, 0.3) is 10.9 Å². The largest absolute Gasteiger partial charge is 0.398 e. The smallest absolute Gasteiger partial charge is 0.126 e. The fraction of sp³-hybridized carbons (Fsp3) is 0.158. The predicted molar refractivity (Wildman–Crippen MR) is 102 cm³/mol. The van der Waals surface area contributed by atoms with Crippen LogP contribution >= 0.6 is 8.58 Å². The zero-order valence-corrected chi connectivity index (χ0v) is 14.5. The van der Waals surface area contributed by atoms with E-state index in [-0.39, 0.29) is 5.82 Å². The molecule has 0 bridgehead atoms. The Kier molecular flexibility index (Phi) is 4.81. The van der Waals surface area contributed by atoms with Gasteiger partial charge in [0.25, 0.3) is 0 Å². The van der Waals surface area contributed by atoms with Gasteiger partial charge in [-0.25, -0.2) is 4.39 Å². The first-order chi connectivity index (χ1) is 11.5. The van der Waals surface area contributed by atoms with E-state index in [0.717, 1.165) is 28.4 Å². The van der Waals surface area contributed by atoms with Crippen molar-refractivity contribution in [2.75, 3.05) is 11.9 Å². The summed E-state index contributed by atoms with van der Waals surface area (Å²) >= 11 is 0. The van der Waals surface area contributed by atoms with E-state index in [9.17, 15) is 4.39 Å². The highest BCUT2D eigenvalue weighted by atomic mass is 31.1. The average molecular weight is 341 g/mol. The van der Waals surface area contributed by atoms with Gasteiger partial charge in [-0.1, -0.05) is 38.9 Å². The molecular weight excluding hydrogens is 320 g/mol. The van der Waals surface area contributed by atoms with E-state index in [1.165, 1.54) is 11.4 Å². The molecule has 0 radical (unpaired) electrons. The highest BCUT2D eigenvalue weighted by Crippen LogP contribution is 2.44. The number of anilines is 1. The number of hydrogen-bond donors (Lipinski definition) is 3. The fourth-order valence-electron chi connectivity index (χ4n) is 2.86. The van der Waals surface area contributed by atoms with E-state index in [2.05, 4.69) is 12.2 Å². The molecule has 3 rings (SSSR count). The molecule has 6 N–H and O–H groups in total. The zero-order valence-electron chi connectivity index (χ0n) is 13.5. The molecule has 0 saturated carbocycles. The first-order valence-electron chi connectivity index (χ1n) is 7.79. The Balaban J connectivity index is 2.11. The molecule has 1 unspecified atom stereocenters. The molecule has 3 nitrogen and oxygen atoms in total. The quantitative estimate of drug-likeness (QED) is 0.452. The number of benzene rings is 2. The van der Waals surface area contributed by atoms with E-state index in [1.54, 1.807) is 6.92 Å². The maximum absolute atomic E-state index is 13.6. The van der Waals surface area contributed by atoms with Gasteiger partial charge < -0.3 is 17.2 Å². The summed E-state index contributed by atoms with van der Waals surface area (Å²) in [5.74, 6) is -0.180. The summed E-state index contributed by atoms with van der Waals surface area (Å²) in [5, 5.41) is 1.23. The lowest BCUT2D eigenvalue weighted by Crippen LogP contribution is -2.21. The molecule has 0 aromatic heterocycles. The molecule has 0 aliphatic carbocycles. The van der Waals surface area contributed by atoms with Gasteiger partial charge in [0.05, 0.1) is 6.17 Å². The van der Waals surface area contributed by atoms with Gasteiger partial charge in [-0.2, -0.15) is 0 Å². The van der Waals surface area contributed by atoms with E-state index >= 15 is 0 Å². The molecule has 124 valence electrons. The second kappa shape index (κ2) is 6.86. The van der Waals surface area contributed by atoms with Crippen molar-refractivity contribution in [1.29, 1.82) is 0 Å². The van der Waals surface area contributed by atoms with E-state index in [0.29, 0.717) is 19.8 Å². The van der Waals surface area contributed by atoms with Crippen molar-refractivity contribution < 1.29 is 4.39 Å². The highest BCUT2D eigenvalue weighted by Gasteiger charge is 2.15. The third kappa shape index (κ3) is 3.27. The Morgan fingerprint density at radius 2 is 1.83 bits per heavy atom. The molecule has 1 heterocycles. The van der Waals surface area contributed by atoms with Crippen molar-refractivity contribution in [1.82, 2.24) is 0 Å². The van der Waals surface area contributed by atoms with Crippen molar-refractivity contribution in [2.45, 2.75) is 13.1 Å². The Labute approximate surface area is 143 Å². The minimum absolute atomic E-state index is 0.180. The first kappa shape index (κ1) is 16.8. The Morgan fingerprint density at radius 1 is 1.08 bits per heavy atom. The SMILES string of the molecule is Cc1cc(C2=C(c3ccc(C(N)N)c(N)c3)C=CCP2)ccc1F. The van der Waals surface area contributed by atoms with Gasteiger partial charge in [-0.05, 0) is 58.9 Å². The monoisotopic (exact) mass is 341 g/mol. The first-order valence-corrected chi connectivity index (χ1v) is 9.00. The Bertz CT molecular complexity index is 841. The third-order valence-electron chi connectivity index (χ3n) is 4.15. The van der Waals surface area contributed by atoms with Crippen LogP contribution in [0, 0.1) is 12.7 Å². The van der Waals surface area contributed by atoms with E-state index in [1.807, 2.05) is 30.3 Å². The zero-order chi connectivity index (χ0) is 17.3. The summed E-state index contributed by atoms with van der Waals surface area (Å²) in [6.07, 6.45) is 4.68. The van der Waals surface area contributed by atoms with Crippen molar-refractivity contribution in [3.8, 4) is 0 Å². The average Bonchev–Trinajstić information content (AvgIpc) is 2.57. The van der Waals surface area contributed by atoms with Crippen LogP contribution in [-0.4, -0.2) is 6.16 Å². The predicted octanol–water partition coefficient (Wildman–Crippen LogP) is 3.75. The molecule has 5 heteroatoms. The van der Waals surface area contributed by atoms with Gasteiger partial charge in [0.1, 0.15) is 5.82 Å². The lowest BCUT2D eigenvalue weighted by molar-refractivity contribution is 0.618. The third-order valence-corrected chi connectivity index (χ3v) is 5.51. The summed E-state index contributed by atoms with van der Waals surface area (Å²) in [7, 11) is 0.639. The normalized spacial score (nSPS) is 15.5. The van der Waals surface area contributed by atoms with E-state index in [4.69, 9.17) is 17.2 Å². The minimum Gasteiger partial charge on any atom is -0.398 e. The Hall–Kier alpha value is -2.00. The molecular formula is C19H21FN3P. The molecule has 0 amide bonds. The lowest BCUT2D eigenvalue weighted by Gasteiger charge is -2.19. The highest BCUT2D eigenvalue weighted by molar-refractivity contribution is 7.51. The number of nitrogens with two attached hydrogens (primary N) is 3. The molecule has 1 aliphatic heterocycles. The van der Waals surface area contributed by atoms with Crippen LogP contribution in [0.1, 0.15) is 28.4 Å². The second-order valence-electron chi connectivity index (χ2n) is 5.91. The molecule has 2 aromatic carbocycles. The van der Waals surface area contributed by atoms with Crippen molar-refractivity contribution in [3.63, 3.8) is 0 Å². The lowest BCUT2D eigenvalue weighted by atomic mass is 9.98. The minimum atomic E-state index is -0.587. The summed E-state index contributed by atoms with van der Waals surface area (Å²) in [6, 6.07) is 11.1. The van der Waals surface area contributed by atoms with E-state index < -0.39 is 6.17 Å². The number of nitrogen functional groups attached to an aromatic ring is 1. The van der Waals surface area contributed by atoms with Crippen LogP contribution in [0.15, 0.2) is 48.6 Å². The molecule has 24 heavy (non-hydrogen) atoms. The van der Waals surface area contributed by atoms with Gasteiger partial charge in [-0.15, -0.1) is 0 Å². The Morgan fingerprint density at radius 3 is 2.50 bits per heavy atom. The number of allylic oxidation sites excluding steroid dienone is 3. The maximum Gasteiger partial charge on any atom is 0.126 e. The molecule has 0 saturated heterocycles.